The van der Waals surface area contributed by atoms with Gasteiger partial charge in [-0.2, -0.15) is 0 Å². The first-order valence-corrected chi connectivity index (χ1v) is 7.48. The standard InChI is InChI=1S/C17H19N3O/c1-2-3-5-14-6-4-11-20(14)17(21)13-7-8-15-16(12-13)19-10-9-18-15/h4,6-10,12,14H,2-3,5,11H2,1H3. The number of nitrogens with zero attached hydrogens (tertiary/aromatic N) is 3. The quantitative estimate of drug-likeness (QED) is 0.808. The number of hydrogen-bond acceptors (Lipinski definition) is 3. The van der Waals surface area contributed by atoms with Crippen molar-refractivity contribution in [2.45, 2.75) is 32.2 Å². The zero-order valence-corrected chi connectivity index (χ0v) is 12.2. The number of carbonyl (C=O) groups excluding carboxylic acids is 1. The van der Waals surface area contributed by atoms with Gasteiger partial charge in [-0.1, -0.05) is 31.9 Å². The third-order valence-electron chi connectivity index (χ3n) is 3.89. The Hall–Kier alpha value is -2.23. The minimum atomic E-state index is 0.0775. The number of rotatable bonds is 4. The summed E-state index contributed by atoms with van der Waals surface area (Å²) in [5.41, 5.74) is 2.27. The van der Waals surface area contributed by atoms with Crippen molar-refractivity contribution >= 4 is 16.9 Å². The van der Waals surface area contributed by atoms with Gasteiger partial charge >= 0.3 is 0 Å². The summed E-state index contributed by atoms with van der Waals surface area (Å²) in [7, 11) is 0. The zero-order chi connectivity index (χ0) is 14.7. The van der Waals surface area contributed by atoms with Gasteiger partial charge in [-0.25, -0.2) is 0 Å². The van der Waals surface area contributed by atoms with E-state index < -0.39 is 0 Å². The van der Waals surface area contributed by atoms with Crippen molar-refractivity contribution in [2.24, 2.45) is 0 Å². The summed E-state index contributed by atoms with van der Waals surface area (Å²) in [5, 5.41) is 0. The Labute approximate surface area is 124 Å². The molecule has 2 heterocycles. The largest absolute Gasteiger partial charge is 0.328 e. The Balaban J connectivity index is 1.82. The average molecular weight is 281 g/mol. The van der Waals surface area contributed by atoms with Gasteiger partial charge in [0.05, 0.1) is 17.1 Å². The van der Waals surface area contributed by atoms with E-state index in [1.54, 1.807) is 12.4 Å². The SMILES string of the molecule is CCCCC1C=CCN1C(=O)c1ccc2nccnc2c1. The van der Waals surface area contributed by atoms with Crippen LogP contribution in [0.5, 0.6) is 0 Å². The molecule has 3 rings (SSSR count). The molecule has 2 aromatic rings. The summed E-state index contributed by atoms with van der Waals surface area (Å²) in [6.07, 6.45) is 10.9. The molecule has 0 saturated carbocycles. The van der Waals surface area contributed by atoms with E-state index in [4.69, 9.17) is 0 Å². The molecule has 4 heteroatoms. The minimum Gasteiger partial charge on any atom is -0.328 e. The lowest BCUT2D eigenvalue weighted by molar-refractivity contribution is 0.0743. The second-order valence-electron chi connectivity index (χ2n) is 5.36. The molecule has 0 aliphatic carbocycles. The van der Waals surface area contributed by atoms with Crippen LogP contribution in [-0.4, -0.2) is 33.4 Å². The number of benzene rings is 1. The molecule has 0 radical (unpaired) electrons. The molecular weight excluding hydrogens is 262 g/mol. The highest BCUT2D eigenvalue weighted by Gasteiger charge is 2.25. The molecule has 1 aliphatic rings. The van der Waals surface area contributed by atoms with Crippen LogP contribution in [0.3, 0.4) is 0 Å². The molecule has 0 fully saturated rings. The summed E-state index contributed by atoms with van der Waals surface area (Å²) in [6.45, 7) is 2.87. The highest BCUT2D eigenvalue weighted by Crippen LogP contribution is 2.20. The fourth-order valence-electron chi connectivity index (χ4n) is 2.73. The normalized spacial score (nSPS) is 17.6. The predicted octanol–water partition coefficient (Wildman–Crippen LogP) is 3.20. The summed E-state index contributed by atoms with van der Waals surface area (Å²) in [6, 6.07) is 5.77. The van der Waals surface area contributed by atoms with Crippen LogP contribution in [0.4, 0.5) is 0 Å². The monoisotopic (exact) mass is 281 g/mol. The molecule has 1 unspecified atom stereocenters. The van der Waals surface area contributed by atoms with Gasteiger partial charge in [0.25, 0.3) is 5.91 Å². The van der Waals surface area contributed by atoms with Crippen LogP contribution in [0.2, 0.25) is 0 Å². The van der Waals surface area contributed by atoms with E-state index in [0.29, 0.717) is 12.1 Å². The van der Waals surface area contributed by atoms with Crippen LogP contribution in [0.25, 0.3) is 11.0 Å². The molecule has 1 aromatic heterocycles. The molecular formula is C17H19N3O. The summed E-state index contributed by atoms with van der Waals surface area (Å²) in [4.78, 5) is 23.1. The van der Waals surface area contributed by atoms with E-state index in [1.807, 2.05) is 23.1 Å². The van der Waals surface area contributed by atoms with E-state index in [2.05, 4.69) is 29.0 Å². The molecule has 1 amide bonds. The Morgan fingerprint density at radius 1 is 1.29 bits per heavy atom. The zero-order valence-electron chi connectivity index (χ0n) is 12.2. The maximum atomic E-state index is 12.7. The fourth-order valence-corrected chi connectivity index (χ4v) is 2.73. The van der Waals surface area contributed by atoms with Crippen molar-refractivity contribution in [3.8, 4) is 0 Å². The highest BCUT2D eigenvalue weighted by atomic mass is 16.2. The van der Waals surface area contributed by atoms with E-state index in [-0.39, 0.29) is 11.9 Å². The number of hydrogen-bond donors (Lipinski definition) is 0. The first-order valence-electron chi connectivity index (χ1n) is 7.48. The first kappa shape index (κ1) is 13.7. The lowest BCUT2D eigenvalue weighted by Gasteiger charge is -2.24. The molecule has 4 nitrogen and oxygen atoms in total. The molecule has 0 saturated heterocycles. The van der Waals surface area contributed by atoms with E-state index in [0.717, 1.165) is 30.3 Å². The van der Waals surface area contributed by atoms with Gasteiger partial charge in [-0.15, -0.1) is 0 Å². The van der Waals surface area contributed by atoms with Crippen molar-refractivity contribution < 1.29 is 4.79 Å². The molecule has 0 bridgehead atoms. The number of carbonyl (C=O) groups is 1. The maximum absolute atomic E-state index is 12.7. The summed E-state index contributed by atoms with van der Waals surface area (Å²) in [5.74, 6) is 0.0775. The van der Waals surface area contributed by atoms with Crippen molar-refractivity contribution in [3.05, 3.63) is 48.3 Å². The van der Waals surface area contributed by atoms with Crippen LogP contribution >= 0.6 is 0 Å². The Kier molecular flexibility index (Phi) is 3.95. The van der Waals surface area contributed by atoms with Gasteiger partial charge < -0.3 is 4.90 Å². The molecule has 1 aliphatic heterocycles. The minimum absolute atomic E-state index is 0.0775. The summed E-state index contributed by atoms with van der Waals surface area (Å²) < 4.78 is 0. The molecule has 0 spiro atoms. The lowest BCUT2D eigenvalue weighted by atomic mass is 10.1. The Morgan fingerprint density at radius 2 is 2.10 bits per heavy atom. The van der Waals surface area contributed by atoms with Crippen molar-refractivity contribution in [2.75, 3.05) is 6.54 Å². The second-order valence-corrected chi connectivity index (χ2v) is 5.36. The highest BCUT2D eigenvalue weighted by molar-refractivity contribution is 5.97. The number of amides is 1. The third-order valence-corrected chi connectivity index (χ3v) is 3.89. The number of fused-ring (bicyclic) bond motifs is 1. The van der Waals surface area contributed by atoms with Crippen LogP contribution < -0.4 is 0 Å². The van der Waals surface area contributed by atoms with Gasteiger partial charge in [0.1, 0.15) is 0 Å². The number of unbranched alkanes of at least 4 members (excludes halogenated alkanes) is 1. The predicted molar refractivity (Wildman–Crippen MR) is 83.0 cm³/mol. The van der Waals surface area contributed by atoms with Gasteiger partial charge in [-0.3, -0.25) is 14.8 Å². The first-order chi connectivity index (χ1) is 10.3. The average Bonchev–Trinajstić information content (AvgIpc) is 3.00. The van der Waals surface area contributed by atoms with Gasteiger partial charge in [-0.05, 0) is 24.6 Å². The van der Waals surface area contributed by atoms with Gasteiger partial charge in [0.2, 0.25) is 0 Å². The fraction of sp³-hybridized carbons (Fsp3) is 0.353. The van der Waals surface area contributed by atoms with Crippen molar-refractivity contribution in [1.29, 1.82) is 0 Å². The Bertz CT molecular complexity index is 681. The molecule has 0 N–H and O–H groups in total. The topological polar surface area (TPSA) is 46.1 Å². The van der Waals surface area contributed by atoms with Gasteiger partial charge in [0.15, 0.2) is 0 Å². The van der Waals surface area contributed by atoms with Crippen LogP contribution in [0.1, 0.15) is 36.5 Å². The van der Waals surface area contributed by atoms with Gasteiger partial charge in [0, 0.05) is 24.5 Å². The van der Waals surface area contributed by atoms with Crippen molar-refractivity contribution in [1.82, 2.24) is 14.9 Å². The lowest BCUT2D eigenvalue weighted by Crippen LogP contribution is -2.36. The Morgan fingerprint density at radius 3 is 2.90 bits per heavy atom. The third kappa shape index (κ3) is 2.79. The van der Waals surface area contributed by atoms with Crippen LogP contribution in [-0.2, 0) is 0 Å². The number of aromatic nitrogens is 2. The van der Waals surface area contributed by atoms with Crippen LogP contribution in [0.15, 0.2) is 42.7 Å². The molecule has 108 valence electrons. The second kappa shape index (κ2) is 6.04. The molecule has 1 aromatic carbocycles. The van der Waals surface area contributed by atoms with E-state index >= 15 is 0 Å². The summed E-state index contributed by atoms with van der Waals surface area (Å²) >= 11 is 0. The molecule has 21 heavy (non-hydrogen) atoms. The van der Waals surface area contributed by atoms with E-state index in [1.165, 1.54) is 0 Å². The maximum Gasteiger partial charge on any atom is 0.254 e. The van der Waals surface area contributed by atoms with Crippen molar-refractivity contribution in [3.63, 3.8) is 0 Å². The molecule has 1 atom stereocenters. The smallest absolute Gasteiger partial charge is 0.254 e. The van der Waals surface area contributed by atoms with E-state index in [9.17, 15) is 4.79 Å². The van der Waals surface area contributed by atoms with Crippen LogP contribution in [0, 0.1) is 0 Å².